The Bertz CT molecular complexity index is 436. The molecule has 4 nitrogen and oxygen atoms in total. The van der Waals surface area contributed by atoms with Crippen molar-refractivity contribution in [2.24, 2.45) is 0 Å². The fourth-order valence-corrected chi connectivity index (χ4v) is 1.39. The second-order valence-electron chi connectivity index (χ2n) is 2.50. The average molecular weight is 275 g/mol. The molecule has 0 amide bonds. The van der Waals surface area contributed by atoms with Gasteiger partial charge in [-0.2, -0.15) is 13.2 Å². The smallest absolute Gasteiger partial charge is 0.421 e. The van der Waals surface area contributed by atoms with E-state index in [1.54, 1.807) is 0 Å². The minimum absolute atomic E-state index is 0.571. The summed E-state index contributed by atoms with van der Waals surface area (Å²) in [4.78, 5) is 17.3. The van der Waals surface area contributed by atoms with Crippen LogP contribution in [-0.4, -0.2) is 23.0 Å². The molecule has 0 N–H and O–H groups in total. The third-order valence-corrected chi connectivity index (χ3v) is 1.94. The van der Waals surface area contributed by atoms with Crippen LogP contribution in [0.15, 0.2) is 0 Å². The number of aromatic nitrogens is 2. The number of alkyl halides is 3. The number of hydrogen-bond acceptors (Lipinski definition) is 4. The second-order valence-corrected chi connectivity index (χ2v) is 3.19. The molecule has 0 aromatic carbocycles. The summed E-state index contributed by atoms with van der Waals surface area (Å²) in [6.45, 7) is 0. The number of nitrogens with zero attached hydrogens (tertiary/aromatic N) is 2. The molecule has 0 spiro atoms. The van der Waals surface area contributed by atoms with Crippen LogP contribution in [-0.2, 0) is 10.9 Å². The number of methoxy groups -OCH3 is 1. The molecule has 0 aliphatic heterocycles. The topological polar surface area (TPSA) is 52.1 Å². The zero-order valence-corrected chi connectivity index (χ0v) is 9.11. The maximum Gasteiger partial charge on any atom is 0.421 e. The number of hydrogen-bond donors (Lipinski definition) is 0. The minimum atomic E-state index is -4.87. The Kier molecular flexibility index (Phi) is 3.59. The van der Waals surface area contributed by atoms with E-state index in [1.807, 2.05) is 0 Å². The van der Waals surface area contributed by atoms with E-state index in [-0.39, 0.29) is 0 Å². The molecule has 0 saturated heterocycles. The molecule has 1 aromatic heterocycles. The first-order valence-corrected chi connectivity index (χ1v) is 4.41. The molecule has 0 aliphatic carbocycles. The lowest BCUT2D eigenvalue weighted by Crippen LogP contribution is -2.18. The van der Waals surface area contributed by atoms with E-state index in [0.29, 0.717) is 0 Å². The van der Waals surface area contributed by atoms with Crippen molar-refractivity contribution in [3.63, 3.8) is 0 Å². The fourth-order valence-electron chi connectivity index (χ4n) is 0.903. The molecule has 1 heterocycles. The lowest BCUT2D eigenvalue weighted by atomic mass is 10.2. The first kappa shape index (κ1) is 13.0. The van der Waals surface area contributed by atoms with Crippen LogP contribution >= 0.6 is 23.2 Å². The van der Waals surface area contributed by atoms with Crippen molar-refractivity contribution in [3.8, 4) is 0 Å². The summed E-state index contributed by atoms with van der Waals surface area (Å²) in [7, 11) is 0.909. The molecule has 0 unspecified atom stereocenters. The van der Waals surface area contributed by atoms with Crippen molar-refractivity contribution in [1.82, 2.24) is 9.97 Å². The summed E-state index contributed by atoms with van der Waals surface area (Å²) in [5.74, 6) is -1.29. The van der Waals surface area contributed by atoms with Gasteiger partial charge in [-0.25, -0.2) is 14.8 Å². The lowest BCUT2D eigenvalue weighted by Gasteiger charge is -2.11. The average Bonchev–Trinajstić information content (AvgIpc) is 2.12. The van der Waals surface area contributed by atoms with Gasteiger partial charge in [-0.3, -0.25) is 0 Å². The summed E-state index contributed by atoms with van der Waals surface area (Å²) < 4.78 is 41.7. The highest BCUT2D eigenvalue weighted by Gasteiger charge is 2.40. The molecule has 0 atom stereocenters. The van der Waals surface area contributed by atoms with E-state index < -0.39 is 33.8 Å². The maximum absolute atomic E-state index is 12.5. The van der Waals surface area contributed by atoms with Crippen molar-refractivity contribution >= 4 is 29.2 Å². The molecular weight excluding hydrogens is 272 g/mol. The Hall–Kier alpha value is -1.08. The molecule has 88 valence electrons. The highest BCUT2D eigenvalue weighted by Crippen LogP contribution is 2.36. The van der Waals surface area contributed by atoms with E-state index in [1.165, 1.54) is 0 Å². The molecule has 9 heteroatoms. The molecule has 0 fully saturated rings. The first-order valence-electron chi connectivity index (χ1n) is 3.66. The normalized spacial score (nSPS) is 11.4. The van der Waals surface area contributed by atoms with Gasteiger partial charge >= 0.3 is 12.1 Å². The van der Waals surface area contributed by atoms with Gasteiger partial charge in [0.1, 0.15) is 10.7 Å². The summed E-state index contributed by atoms with van der Waals surface area (Å²) >= 11 is 10.5. The predicted molar refractivity (Wildman–Crippen MR) is 48.4 cm³/mol. The standard InChI is InChI=1S/C7H3Cl2F3N2O2/c1-16-5(15)3-2(7(10,11)12)4(8)14-6(9)13-3/h1H3. The van der Waals surface area contributed by atoms with Crippen LogP contribution in [0, 0.1) is 0 Å². The predicted octanol–water partition coefficient (Wildman–Crippen LogP) is 2.59. The van der Waals surface area contributed by atoms with Gasteiger partial charge in [0.05, 0.1) is 7.11 Å². The highest BCUT2D eigenvalue weighted by molar-refractivity contribution is 6.32. The molecular formula is C7H3Cl2F3N2O2. The molecule has 0 aliphatic rings. The van der Waals surface area contributed by atoms with Gasteiger partial charge in [-0.05, 0) is 11.6 Å². The van der Waals surface area contributed by atoms with Crippen LogP contribution in [0.5, 0.6) is 0 Å². The van der Waals surface area contributed by atoms with E-state index in [9.17, 15) is 18.0 Å². The number of rotatable bonds is 1. The largest absolute Gasteiger partial charge is 0.464 e. The van der Waals surface area contributed by atoms with Gasteiger partial charge in [-0.15, -0.1) is 0 Å². The van der Waals surface area contributed by atoms with Crippen molar-refractivity contribution in [2.45, 2.75) is 6.18 Å². The van der Waals surface area contributed by atoms with Crippen LogP contribution in [0.3, 0.4) is 0 Å². The van der Waals surface area contributed by atoms with Crippen LogP contribution in [0.1, 0.15) is 16.1 Å². The Balaban J connectivity index is 3.51. The van der Waals surface area contributed by atoms with E-state index in [0.717, 1.165) is 7.11 Å². The Morgan fingerprint density at radius 2 is 1.88 bits per heavy atom. The number of esters is 1. The number of carbonyl (C=O) groups is 1. The molecule has 0 saturated carbocycles. The van der Waals surface area contributed by atoms with Gasteiger partial charge in [0, 0.05) is 0 Å². The Morgan fingerprint density at radius 3 is 2.31 bits per heavy atom. The van der Waals surface area contributed by atoms with E-state index in [2.05, 4.69) is 14.7 Å². The minimum Gasteiger partial charge on any atom is -0.464 e. The van der Waals surface area contributed by atoms with Crippen molar-refractivity contribution in [2.75, 3.05) is 7.11 Å². The van der Waals surface area contributed by atoms with Crippen molar-refractivity contribution < 1.29 is 22.7 Å². The zero-order valence-electron chi connectivity index (χ0n) is 7.60. The van der Waals surface area contributed by atoms with Gasteiger partial charge < -0.3 is 4.74 Å². The quantitative estimate of drug-likeness (QED) is 0.449. The molecule has 0 bridgehead atoms. The van der Waals surface area contributed by atoms with Crippen molar-refractivity contribution in [1.29, 1.82) is 0 Å². The van der Waals surface area contributed by atoms with Gasteiger partial charge in [0.25, 0.3) is 0 Å². The van der Waals surface area contributed by atoms with Crippen LogP contribution in [0.25, 0.3) is 0 Å². The summed E-state index contributed by atoms with van der Waals surface area (Å²) in [5, 5.41) is -1.52. The molecule has 16 heavy (non-hydrogen) atoms. The second kappa shape index (κ2) is 4.42. The Labute approximate surface area is 97.3 Å². The number of carbonyl (C=O) groups excluding carboxylic acids is 1. The summed E-state index contributed by atoms with van der Waals surface area (Å²) in [6, 6.07) is 0. The van der Waals surface area contributed by atoms with Gasteiger partial charge in [0.2, 0.25) is 5.28 Å². The van der Waals surface area contributed by atoms with Crippen LogP contribution in [0.4, 0.5) is 13.2 Å². The lowest BCUT2D eigenvalue weighted by molar-refractivity contribution is -0.138. The number of halogens is 5. The van der Waals surface area contributed by atoms with Crippen molar-refractivity contribution in [3.05, 3.63) is 21.7 Å². The zero-order chi connectivity index (χ0) is 12.5. The molecule has 1 rings (SSSR count). The third kappa shape index (κ3) is 2.53. The first-order chi connectivity index (χ1) is 7.27. The van der Waals surface area contributed by atoms with E-state index >= 15 is 0 Å². The van der Waals surface area contributed by atoms with Gasteiger partial charge in [0.15, 0.2) is 5.69 Å². The fraction of sp³-hybridized carbons (Fsp3) is 0.286. The SMILES string of the molecule is COC(=O)c1nc(Cl)nc(Cl)c1C(F)(F)F. The maximum atomic E-state index is 12.5. The summed E-state index contributed by atoms with van der Waals surface area (Å²) in [6.07, 6.45) is -4.87. The Morgan fingerprint density at radius 1 is 1.31 bits per heavy atom. The van der Waals surface area contributed by atoms with E-state index in [4.69, 9.17) is 23.2 Å². The van der Waals surface area contributed by atoms with Gasteiger partial charge in [-0.1, -0.05) is 11.6 Å². The number of ether oxygens (including phenoxy) is 1. The third-order valence-electron chi connectivity index (χ3n) is 1.50. The summed E-state index contributed by atoms with van der Waals surface area (Å²) in [5.41, 5.74) is -2.48. The van der Waals surface area contributed by atoms with Crippen LogP contribution in [0.2, 0.25) is 10.4 Å². The molecule has 0 radical (unpaired) electrons. The monoisotopic (exact) mass is 274 g/mol. The highest BCUT2D eigenvalue weighted by atomic mass is 35.5. The van der Waals surface area contributed by atoms with Crippen LogP contribution < -0.4 is 0 Å². The molecule has 1 aromatic rings.